The van der Waals surface area contributed by atoms with Crippen molar-refractivity contribution in [3.63, 3.8) is 0 Å². The van der Waals surface area contributed by atoms with Crippen LogP contribution in [0.1, 0.15) is 39.0 Å². The monoisotopic (exact) mass is 211 g/mol. The van der Waals surface area contributed by atoms with E-state index in [-0.39, 0.29) is 0 Å². The Kier molecular flexibility index (Phi) is 3.29. The van der Waals surface area contributed by atoms with Gasteiger partial charge < -0.3 is 5.11 Å². The first kappa shape index (κ1) is 10.9. The molecule has 0 aromatic rings. The Hall–Kier alpha value is -0.570. The predicted molar refractivity (Wildman–Crippen MR) is 58.7 cm³/mol. The van der Waals surface area contributed by atoms with Gasteiger partial charge in [-0.2, -0.15) is 0 Å². The molecule has 1 heterocycles. The summed E-state index contributed by atoms with van der Waals surface area (Å²) in [5.74, 6) is 0.581. The highest BCUT2D eigenvalue weighted by Gasteiger charge is 2.36. The molecule has 0 bridgehead atoms. The number of hydrogen-bond donors (Lipinski definition) is 1. The van der Waals surface area contributed by atoms with Crippen LogP contribution in [-0.2, 0) is 4.79 Å². The molecule has 0 aromatic carbocycles. The lowest BCUT2D eigenvalue weighted by Crippen LogP contribution is -2.55. The second kappa shape index (κ2) is 4.52. The van der Waals surface area contributed by atoms with Crippen molar-refractivity contribution < 1.29 is 9.90 Å². The van der Waals surface area contributed by atoms with E-state index in [1.54, 1.807) is 0 Å². The predicted octanol–water partition coefficient (Wildman–Crippen LogP) is 1.97. The molecule has 1 saturated heterocycles. The highest BCUT2D eigenvalue weighted by molar-refractivity contribution is 5.67. The second-order valence-electron chi connectivity index (χ2n) is 5.25. The van der Waals surface area contributed by atoms with Crippen LogP contribution in [0.15, 0.2) is 0 Å². The fraction of sp³-hybridized carbons (Fsp3) is 0.917. The number of likely N-dealkylation sites (tertiary alicyclic amines) is 1. The molecule has 1 aliphatic carbocycles. The fourth-order valence-electron chi connectivity index (χ4n) is 3.10. The van der Waals surface area contributed by atoms with Gasteiger partial charge in [0.05, 0.1) is 6.42 Å². The van der Waals surface area contributed by atoms with E-state index in [0.29, 0.717) is 12.3 Å². The number of carboxylic acids is 1. The molecular formula is C12H21NO2. The normalized spacial score (nSPS) is 33.7. The SMILES string of the molecule is CC1CCCCC1N1CC(CC(=O)O)C1. The molecule has 0 spiro atoms. The summed E-state index contributed by atoms with van der Waals surface area (Å²) in [6.45, 7) is 4.37. The van der Waals surface area contributed by atoms with Gasteiger partial charge >= 0.3 is 5.97 Å². The van der Waals surface area contributed by atoms with Crippen LogP contribution in [0, 0.1) is 11.8 Å². The summed E-state index contributed by atoms with van der Waals surface area (Å²) >= 11 is 0. The van der Waals surface area contributed by atoms with Gasteiger partial charge in [-0.25, -0.2) is 0 Å². The third-order valence-corrected chi connectivity index (χ3v) is 3.98. The highest BCUT2D eigenvalue weighted by Crippen LogP contribution is 2.33. The first-order valence-electron chi connectivity index (χ1n) is 6.12. The lowest BCUT2D eigenvalue weighted by molar-refractivity contribution is -0.140. The zero-order chi connectivity index (χ0) is 10.8. The molecule has 0 amide bonds. The molecule has 15 heavy (non-hydrogen) atoms. The molecule has 2 fully saturated rings. The molecule has 3 heteroatoms. The Morgan fingerprint density at radius 3 is 2.60 bits per heavy atom. The van der Waals surface area contributed by atoms with Crippen molar-refractivity contribution in [1.82, 2.24) is 4.90 Å². The van der Waals surface area contributed by atoms with Crippen LogP contribution in [-0.4, -0.2) is 35.1 Å². The zero-order valence-electron chi connectivity index (χ0n) is 9.48. The first-order chi connectivity index (χ1) is 7.16. The van der Waals surface area contributed by atoms with E-state index >= 15 is 0 Å². The van der Waals surface area contributed by atoms with E-state index in [1.807, 2.05) is 0 Å². The smallest absolute Gasteiger partial charge is 0.303 e. The van der Waals surface area contributed by atoms with Gasteiger partial charge in [0.1, 0.15) is 0 Å². The number of carboxylic acid groups (broad SMARTS) is 1. The Labute approximate surface area is 91.5 Å². The van der Waals surface area contributed by atoms with Crippen molar-refractivity contribution in [2.24, 2.45) is 11.8 Å². The molecule has 3 nitrogen and oxygen atoms in total. The van der Waals surface area contributed by atoms with E-state index in [9.17, 15) is 4.79 Å². The Bertz CT molecular complexity index is 236. The molecule has 0 radical (unpaired) electrons. The van der Waals surface area contributed by atoms with Crippen LogP contribution in [0.25, 0.3) is 0 Å². The van der Waals surface area contributed by atoms with Crippen molar-refractivity contribution in [1.29, 1.82) is 0 Å². The second-order valence-corrected chi connectivity index (χ2v) is 5.25. The zero-order valence-corrected chi connectivity index (χ0v) is 9.48. The summed E-state index contributed by atoms with van der Waals surface area (Å²) in [6, 6.07) is 0.740. The van der Waals surface area contributed by atoms with Crippen LogP contribution in [0.2, 0.25) is 0 Å². The molecule has 2 unspecified atom stereocenters. The molecule has 86 valence electrons. The summed E-state index contributed by atoms with van der Waals surface area (Å²) in [6.07, 6.45) is 5.77. The lowest BCUT2D eigenvalue weighted by atomic mass is 9.81. The summed E-state index contributed by atoms with van der Waals surface area (Å²) in [5, 5.41) is 8.68. The van der Waals surface area contributed by atoms with Gasteiger partial charge in [-0.3, -0.25) is 9.69 Å². The van der Waals surface area contributed by atoms with Crippen LogP contribution in [0.5, 0.6) is 0 Å². The topological polar surface area (TPSA) is 40.5 Å². The molecule has 2 rings (SSSR count). The maximum Gasteiger partial charge on any atom is 0.303 e. The molecule has 2 atom stereocenters. The van der Waals surface area contributed by atoms with Gasteiger partial charge in [-0.15, -0.1) is 0 Å². The van der Waals surface area contributed by atoms with Crippen molar-refractivity contribution in [3.05, 3.63) is 0 Å². The Balaban J connectivity index is 1.75. The van der Waals surface area contributed by atoms with Gasteiger partial charge in [0, 0.05) is 19.1 Å². The lowest BCUT2D eigenvalue weighted by Gasteiger charge is -2.47. The fourth-order valence-corrected chi connectivity index (χ4v) is 3.10. The molecule has 2 aliphatic rings. The first-order valence-corrected chi connectivity index (χ1v) is 6.12. The summed E-state index contributed by atoms with van der Waals surface area (Å²) in [7, 11) is 0. The average Bonchev–Trinajstić information content (AvgIpc) is 2.12. The third kappa shape index (κ3) is 2.51. The van der Waals surface area contributed by atoms with Crippen molar-refractivity contribution in [2.75, 3.05) is 13.1 Å². The number of aliphatic carboxylic acids is 1. The van der Waals surface area contributed by atoms with E-state index in [0.717, 1.165) is 25.0 Å². The summed E-state index contributed by atoms with van der Waals surface area (Å²) < 4.78 is 0. The number of hydrogen-bond acceptors (Lipinski definition) is 2. The van der Waals surface area contributed by atoms with Gasteiger partial charge in [-0.1, -0.05) is 19.8 Å². The molecular weight excluding hydrogens is 190 g/mol. The molecule has 1 N–H and O–H groups in total. The van der Waals surface area contributed by atoms with Crippen LogP contribution >= 0.6 is 0 Å². The van der Waals surface area contributed by atoms with E-state index in [2.05, 4.69) is 11.8 Å². The van der Waals surface area contributed by atoms with E-state index in [4.69, 9.17) is 5.11 Å². The van der Waals surface area contributed by atoms with Crippen molar-refractivity contribution in [3.8, 4) is 0 Å². The number of rotatable bonds is 3. The maximum absolute atomic E-state index is 10.5. The van der Waals surface area contributed by atoms with Crippen molar-refractivity contribution >= 4 is 5.97 Å². The largest absolute Gasteiger partial charge is 0.481 e. The van der Waals surface area contributed by atoms with Crippen LogP contribution in [0.3, 0.4) is 0 Å². The third-order valence-electron chi connectivity index (χ3n) is 3.98. The van der Waals surface area contributed by atoms with Gasteiger partial charge in [0.2, 0.25) is 0 Å². The van der Waals surface area contributed by atoms with Crippen LogP contribution in [0.4, 0.5) is 0 Å². The summed E-state index contributed by atoms with van der Waals surface area (Å²) in [5.41, 5.74) is 0. The molecule has 1 saturated carbocycles. The van der Waals surface area contributed by atoms with Gasteiger partial charge in [-0.05, 0) is 24.7 Å². The molecule has 0 aromatic heterocycles. The number of nitrogens with zero attached hydrogens (tertiary/aromatic N) is 1. The van der Waals surface area contributed by atoms with E-state index in [1.165, 1.54) is 25.7 Å². The standard InChI is InChI=1S/C12H21NO2/c1-9-4-2-3-5-11(9)13-7-10(8-13)6-12(14)15/h9-11H,2-8H2,1H3,(H,14,15). The highest BCUT2D eigenvalue weighted by atomic mass is 16.4. The Morgan fingerprint density at radius 1 is 1.33 bits per heavy atom. The molecule has 1 aliphatic heterocycles. The minimum atomic E-state index is -0.642. The number of carbonyl (C=O) groups is 1. The maximum atomic E-state index is 10.5. The van der Waals surface area contributed by atoms with E-state index < -0.39 is 5.97 Å². The van der Waals surface area contributed by atoms with Crippen molar-refractivity contribution in [2.45, 2.75) is 45.1 Å². The van der Waals surface area contributed by atoms with Gasteiger partial charge in [0.15, 0.2) is 0 Å². The Morgan fingerprint density at radius 2 is 2.00 bits per heavy atom. The van der Waals surface area contributed by atoms with Crippen LogP contribution < -0.4 is 0 Å². The van der Waals surface area contributed by atoms with Gasteiger partial charge in [0.25, 0.3) is 0 Å². The minimum Gasteiger partial charge on any atom is -0.481 e. The summed E-state index contributed by atoms with van der Waals surface area (Å²) in [4.78, 5) is 13.0. The average molecular weight is 211 g/mol. The minimum absolute atomic E-state index is 0.359. The quantitative estimate of drug-likeness (QED) is 0.776.